The maximum Gasteiger partial charge on any atom is 0.289 e. The predicted molar refractivity (Wildman–Crippen MR) is 102 cm³/mol. The monoisotopic (exact) mass is 366 g/mol. The molecule has 5 nitrogen and oxygen atoms in total. The fourth-order valence-electron chi connectivity index (χ4n) is 3.23. The summed E-state index contributed by atoms with van der Waals surface area (Å²) in [7, 11) is 1.66. The van der Waals surface area contributed by atoms with Crippen LogP contribution in [-0.2, 0) is 17.9 Å². The van der Waals surface area contributed by atoms with E-state index in [0.717, 1.165) is 46.1 Å². The van der Waals surface area contributed by atoms with Gasteiger partial charge in [-0.05, 0) is 35.4 Å². The summed E-state index contributed by atoms with van der Waals surface area (Å²) in [5.41, 5.74) is 3.21. The van der Waals surface area contributed by atoms with E-state index in [1.54, 1.807) is 7.11 Å². The average Bonchev–Trinajstić information content (AvgIpc) is 3.21. The SMILES string of the molecule is COc1cccc(Cn2ccc3c(CN4C(=O)CSC4=O)cccc32)c1. The summed E-state index contributed by atoms with van der Waals surface area (Å²) >= 11 is 1.07. The van der Waals surface area contributed by atoms with Crippen LogP contribution < -0.4 is 4.74 Å². The summed E-state index contributed by atoms with van der Waals surface area (Å²) in [4.78, 5) is 25.1. The van der Waals surface area contributed by atoms with Crippen LogP contribution in [0.25, 0.3) is 10.9 Å². The molecule has 0 aliphatic carbocycles. The first kappa shape index (κ1) is 16.7. The molecule has 0 saturated carbocycles. The van der Waals surface area contributed by atoms with Crippen molar-refractivity contribution in [1.82, 2.24) is 9.47 Å². The number of carbonyl (C=O) groups is 2. The topological polar surface area (TPSA) is 51.5 Å². The first-order valence-electron chi connectivity index (χ1n) is 8.32. The van der Waals surface area contributed by atoms with Gasteiger partial charge in [-0.25, -0.2) is 0 Å². The van der Waals surface area contributed by atoms with Gasteiger partial charge in [0.1, 0.15) is 5.75 Å². The highest BCUT2D eigenvalue weighted by Gasteiger charge is 2.30. The normalized spacial score (nSPS) is 14.4. The summed E-state index contributed by atoms with van der Waals surface area (Å²) in [6, 6.07) is 16.0. The van der Waals surface area contributed by atoms with Crippen molar-refractivity contribution in [3.05, 3.63) is 65.9 Å². The number of hydrogen-bond acceptors (Lipinski definition) is 4. The second-order valence-corrected chi connectivity index (χ2v) is 7.11. The molecule has 0 spiro atoms. The average molecular weight is 366 g/mol. The van der Waals surface area contributed by atoms with Gasteiger partial charge in [0, 0.05) is 23.6 Å². The second-order valence-electron chi connectivity index (χ2n) is 6.18. The molecule has 26 heavy (non-hydrogen) atoms. The molecule has 0 atom stereocenters. The van der Waals surface area contributed by atoms with Crippen LogP contribution in [0, 0.1) is 0 Å². The fraction of sp³-hybridized carbons (Fsp3) is 0.200. The number of methoxy groups -OCH3 is 1. The number of rotatable bonds is 5. The first-order valence-corrected chi connectivity index (χ1v) is 9.31. The molecule has 2 amide bonds. The Morgan fingerprint density at radius 2 is 1.92 bits per heavy atom. The van der Waals surface area contributed by atoms with Crippen molar-refractivity contribution >= 4 is 33.8 Å². The largest absolute Gasteiger partial charge is 0.497 e. The minimum Gasteiger partial charge on any atom is -0.497 e. The second kappa shape index (κ2) is 6.88. The van der Waals surface area contributed by atoms with E-state index in [9.17, 15) is 9.59 Å². The van der Waals surface area contributed by atoms with E-state index in [0.29, 0.717) is 6.54 Å². The number of thioether (sulfide) groups is 1. The summed E-state index contributed by atoms with van der Waals surface area (Å²) in [6.07, 6.45) is 2.04. The molecular weight excluding hydrogens is 348 g/mol. The van der Waals surface area contributed by atoms with Gasteiger partial charge in [-0.1, -0.05) is 36.0 Å². The predicted octanol–water partition coefficient (Wildman–Crippen LogP) is 3.89. The van der Waals surface area contributed by atoms with Gasteiger partial charge in [0.25, 0.3) is 5.24 Å². The minimum atomic E-state index is -0.164. The Kier molecular flexibility index (Phi) is 4.42. The molecule has 1 aliphatic heterocycles. The number of benzene rings is 2. The molecule has 3 aromatic rings. The highest BCUT2D eigenvalue weighted by molar-refractivity contribution is 8.14. The first-order chi connectivity index (χ1) is 12.7. The van der Waals surface area contributed by atoms with Crippen LogP contribution in [-0.4, -0.2) is 33.5 Å². The molecule has 0 N–H and O–H groups in total. The molecule has 132 valence electrons. The summed E-state index contributed by atoms with van der Waals surface area (Å²) in [6.45, 7) is 1.05. The van der Waals surface area contributed by atoms with Gasteiger partial charge in [-0.3, -0.25) is 14.5 Å². The molecule has 1 aliphatic rings. The number of carbonyl (C=O) groups excluding carboxylic acids is 2. The summed E-state index contributed by atoms with van der Waals surface area (Å²) in [5.74, 6) is 0.960. The van der Waals surface area contributed by atoms with Crippen LogP contribution in [0.2, 0.25) is 0 Å². The fourth-order valence-corrected chi connectivity index (χ4v) is 3.96. The lowest BCUT2D eigenvalue weighted by Gasteiger charge is -2.14. The molecular formula is C20H18N2O3S. The van der Waals surface area contributed by atoms with Crippen molar-refractivity contribution in [3.63, 3.8) is 0 Å². The maximum atomic E-state index is 11.9. The zero-order valence-electron chi connectivity index (χ0n) is 14.3. The molecule has 4 rings (SSSR count). The highest BCUT2D eigenvalue weighted by Crippen LogP contribution is 2.26. The van der Waals surface area contributed by atoms with Crippen LogP contribution in [0.1, 0.15) is 11.1 Å². The van der Waals surface area contributed by atoms with Gasteiger partial charge in [-0.15, -0.1) is 0 Å². The summed E-state index contributed by atoms with van der Waals surface area (Å²) < 4.78 is 7.46. The van der Waals surface area contributed by atoms with Crippen LogP contribution in [0.3, 0.4) is 0 Å². The standard InChI is InChI=1S/C20H18N2O3S/c1-25-16-6-2-4-14(10-16)11-21-9-8-17-15(5-3-7-18(17)21)12-22-19(23)13-26-20(22)24/h2-10H,11-13H2,1H3. The van der Waals surface area contributed by atoms with Gasteiger partial charge >= 0.3 is 0 Å². The Labute approximate surface area is 155 Å². The van der Waals surface area contributed by atoms with Crippen molar-refractivity contribution < 1.29 is 14.3 Å². The van der Waals surface area contributed by atoms with Gasteiger partial charge in [0.15, 0.2) is 0 Å². The molecule has 1 aromatic heterocycles. The number of ether oxygens (including phenoxy) is 1. The molecule has 2 heterocycles. The molecule has 1 saturated heterocycles. The van der Waals surface area contributed by atoms with E-state index in [1.807, 2.05) is 42.6 Å². The lowest BCUT2D eigenvalue weighted by molar-refractivity contribution is -0.124. The third kappa shape index (κ3) is 3.08. The third-order valence-corrected chi connectivity index (χ3v) is 5.42. The van der Waals surface area contributed by atoms with E-state index >= 15 is 0 Å². The Morgan fingerprint density at radius 3 is 2.69 bits per heavy atom. The maximum absolute atomic E-state index is 11.9. The van der Waals surface area contributed by atoms with Crippen LogP contribution in [0.5, 0.6) is 5.75 Å². The lowest BCUT2D eigenvalue weighted by atomic mass is 10.1. The number of fused-ring (bicyclic) bond motifs is 1. The lowest BCUT2D eigenvalue weighted by Crippen LogP contribution is -2.27. The molecule has 2 aromatic carbocycles. The van der Waals surface area contributed by atoms with E-state index in [2.05, 4.69) is 16.7 Å². The van der Waals surface area contributed by atoms with Gasteiger partial charge < -0.3 is 9.30 Å². The van der Waals surface area contributed by atoms with Crippen molar-refractivity contribution in [3.8, 4) is 5.75 Å². The van der Waals surface area contributed by atoms with Crippen LogP contribution in [0.4, 0.5) is 4.79 Å². The summed E-state index contributed by atoms with van der Waals surface area (Å²) in [5, 5.41) is 0.899. The molecule has 1 fully saturated rings. The molecule has 0 unspecified atom stereocenters. The van der Waals surface area contributed by atoms with Crippen LogP contribution >= 0.6 is 11.8 Å². The Hall–Kier alpha value is -2.73. The van der Waals surface area contributed by atoms with E-state index in [1.165, 1.54) is 4.90 Å². The van der Waals surface area contributed by atoms with Crippen molar-refractivity contribution in [1.29, 1.82) is 0 Å². The number of amides is 2. The van der Waals surface area contributed by atoms with Gasteiger partial charge in [-0.2, -0.15) is 0 Å². The van der Waals surface area contributed by atoms with Crippen molar-refractivity contribution in [2.45, 2.75) is 13.1 Å². The zero-order chi connectivity index (χ0) is 18.1. The number of aromatic nitrogens is 1. The quantitative estimate of drug-likeness (QED) is 0.687. The van der Waals surface area contributed by atoms with Gasteiger partial charge in [0.05, 0.1) is 19.4 Å². The Morgan fingerprint density at radius 1 is 1.08 bits per heavy atom. The highest BCUT2D eigenvalue weighted by atomic mass is 32.2. The van der Waals surface area contributed by atoms with E-state index < -0.39 is 0 Å². The Balaban J connectivity index is 1.64. The number of nitrogens with zero attached hydrogens (tertiary/aromatic N) is 2. The van der Waals surface area contributed by atoms with Crippen LogP contribution in [0.15, 0.2) is 54.7 Å². The van der Waals surface area contributed by atoms with Crippen molar-refractivity contribution in [2.24, 2.45) is 0 Å². The third-order valence-electron chi connectivity index (χ3n) is 4.56. The Bertz CT molecular complexity index is 980. The van der Waals surface area contributed by atoms with Crippen molar-refractivity contribution in [2.75, 3.05) is 12.9 Å². The molecule has 0 radical (unpaired) electrons. The smallest absolute Gasteiger partial charge is 0.289 e. The molecule has 6 heteroatoms. The number of imide groups is 1. The minimum absolute atomic E-state index is 0.118. The van der Waals surface area contributed by atoms with E-state index in [4.69, 9.17) is 4.74 Å². The van der Waals surface area contributed by atoms with Gasteiger partial charge in [0.2, 0.25) is 5.91 Å². The molecule has 0 bridgehead atoms. The zero-order valence-corrected chi connectivity index (χ0v) is 15.2. The van der Waals surface area contributed by atoms with E-state index in [-0.39, 0.29) is 16.9 Å². The number of hydrogen-bond donors (Lipinski definition) is 0.